The Balaban J connectivity index is 2.21. The number of carbonyl (C=O) groups excluding carboxylic acids is 1. The first-order chi connectivity index (χ1) is 10.4. The average Bonchev–Trinajstić information content (AvgIpc) is 2.74. The number of carboxylic acids is 1. The molecule has 0 spiro atoms. The van der Waals surface area contributed by atoms with E-state index in [4.69, 9.17) is 21.4 Å². The van der Waals surface area contributed by atoms with Gasteiger partial charge in [-0.15, -0.1) is 0 Å². The summed E-state index contributed by atoms with van der Waals surface area (Å²) in [4.78, 5) is 28.6. The van der Waals surface area contributed by atoms with Gasteiger partial charge in [-0.25, -0.2) is 4.79 Å². The van der Waals surface area contributed by atoms with Gasteiger partial charge in [0.1, 0.15) is 5.75 Å². The molecular formula is C14H13ClN2O4S. The SMILES string of the molecule is CN=C1SC(=Cc2ccc(OCC(=O)O)c(Cl)c2)C(=O)N1C. The van der Waals surface area contributed by atoms with Crippen LogP contribution in [0.15, 0.2) is 28.1 Å². The van der Waals surface area contributed by atoms with Crippen molar-refractivity contribution in [2.75, 3.05) is 20.7 Å². The number of carbonyl (C=O) groups is 2. The Morgan fingerprint density at radius 1 is 1.55 bits per heavy atom. The van der Waals surface area contributed by atoms with Crippen molar-refractivity contribution >= 4 is 46.5 Å². The zero-order valence-electron chi connectivity index (χ0n) is 11.9. The predicted octanol–water partition coefficient (Wildman–Crippen LogP) is 2.34. The molecule has 0 unspecified atom stereocenters. The molecule has 8 heteroatoms. The van der Waals surface area contributed by atoms with Crippen LogP contribution in [0.4, 0.5) is 0 Å². The molecule has 0 saturated carbocycles. The first-order valence-corrected chi connectivity index (χ1v) is 7.40. The van der Waals surface area contributed by atoms with E-state index in [9.17, 15) is 9.59 Å². The van der Waals surface area contributed by atoms with E-state index in [0.717, 1.165) is 0 Å². The number of benzene rings is 1. The fraction of sp³-hybridized carbons (Fsp3) is 0.214. The van der Waals surface area contributed by atoms with Gasteiger partial charge in [0.25, 0.3) is 5.91 Å². The summed E-state index contributed by atoms with van der Waals surface area (Å²) in [6.45, 7) is -0.463. The third-order valence-electron chi connectivity index (χ3n) is 2.80. The van der Waals surface area contributed by atoms with Gasteiger partial charge in [0.2, 0.25) is 0 Å². The van der Waals surface area contributed by atoms with Crippen LogP contribution in [-0.2, 0) is 9.59 Å². The minimum absolute atomic E-state index is 0.132. The highest BCUT2D eigenvalue weighted by molar-refractivity contribution is 8.18. The van der Waals surface area contributed by atoms with E-state index in [-0.39, 0.29) is 16.7 Å². The number of ether oxygens (including phenoxy) is 1. The number of hydrogen-bond donors (Lipinski definition) is 1. The second-order valence-electron chi connectivity index (χ2n) is 4.35. The van der Waals surface area contributed by atoms with Gasteiger partial charge in [-0.05, 0) is 35.5 Å². The van der Waals surface area contributed by atoms with Gasteiger partial charge in [0.05, 0.1) is 9.93 Å². The molecule has 0 atom stereocenters. The maximum absolute atomic E-state index is 12.0. The highest BCUT2D eigenvalue weighted by Gasteiger charge is 2.29. The number of likely N-dealkylation sites (N-methyl/N-ethyl adjacent to an activating group) is 1. The summed E-state index contributed by atoms with van der Waals surface area (Å²) < 4.78 is 5.04. The van der Waals surface area contributed by atoms with Crippen molar-refractivity contribution in [3.05, 3.63) is 33.7 Å². The molecule has 1 saturated heterocycles. The van der Waals surface area contributed by atoms with E-state index in [2.05, 4.69) is 4.99 Å². The number of hydrogen-bond acceptors (Lipinski definition) is 5. The van der Waals surface area contributed by atoms with Gasteiger partial charge >= 0.3 is 5.97 Å². The van der Waals surface area contributed by atoms with Crippen LogP contribution in [0.1, 0.15) is 5.56 Å². The van der Waals surface area contributed by atoms with Crippen molar-refractivity contribution in [2.45, 2.75) is 0 Å². The minimum atomic E-state index is -1.08. The number of amidine groups is 1. The number of halogens is 1. The number of carboxylic acid groups (broad SMARTS) is 1. The Labute approximate surface area is 136 Å². The van der Waals surface area contributed by atoms with Crippen LogP contribution in [0.2, 0.25) is 5.02 Å². The number of aliphatic carboxylic acids is 1. The molecule has 1 N–H and O–H groups in total. The zero-order chi connectivity index (χ0) is 16.3. The molecule has 1 fully saturated rings. The van der Waals surface area contributed by atoms with Gasteiger partial charge in [-0.1, -0.05) is 17.7 Å². The standard InChI is InChI=1S/C14H13ClN2O4S/c1-16-14-17(2)13(20)11(22-14)6-8-3-4-10(9(15)5-8)21-7-12(18)19/h3-6H,7H2,1-2H3,(H,18,19). The fourth-order valence-corrected chi connectivity index (χ4v) is 2.93. The second kappa shape index (κ2) is 6.85. The maximum Gasteiger partial charge on any atom is 0.341 e. The molecule has 0 aliphatic carbocycles. The molecular weight excluding hydrogens is 328 g/mol. The summed E-state index contributed by atoms with van der Waals surface area (Å²) in [5, 5.41) is 9.49. The lowest BCUT2D eigenvalue weighted by atomic mass is 10.2. The molecule has 6 nitrogen and oxygen atoms in total. The summed E-state index contributed by atoms with van der Waals surface area (Å²) in [6.07, 6.45) is 1.70. The third kappa shape index (κ3) is 3.61. The minimum Gasteiger partial charge on any atom is -0.480 e. The third-order valence-corrected chi connectivity index (χ3v) is 4.25. The first kappa shape index (κ1) is 16.4. The lowest BCUT2D eigenvalue weighted by Gasteiger charge is -2.06. The Bertz CT molecular complexity index is 687. The molecule has 116 valence electrons. The van der Waals surface area contributed by atoms with Crippen molar-refractivity contribution in [2.24, 2.45) is 4.99 Å². The van der Waals surface area contributed by atoms with Crippen molar-refractivity contribution < 1.29 is 19.4 Å². The van der Waals surface area contributed by atoms with Crippen molar-refractivity contribution in [3.63, 3.8) is 0 Å². The van der Waals surface area contributed by atoms with Crippen LogP contribution in [-0.4, -0.2) is 47.8 Å². The molecule has 1 aromatic carbocycles. The van der Waals surface area contributed by atoms with Gasteiger partial charge < -0.3 is 9.84 Å². The Morgan fingerprint density at radius 3 is 2.82 bits per heavy atom. The molecule has 1 amide bonds. The van der Waals surface area contributed by atoms with Gasteiger partial charge in [0.15, 0.2) is 11.8 Å². The molecule has 0 bridgehead atoms. The molecule has 2 rings (SSSR count). The second-order valence-corrected chi connectivity index (χ2v) is 5.77. The highest BCUT2D eigenvalue weighted by Crippen LogP contribution is 2.33. The number of thioether (sulfide) groups is 1. The summed E-state index contributed by atoms with van der Waals surface area (Å²) >= 11 is 7.33. The fourth-order valence-electron chi connectivity index (χ4n) is 1.76. The van der Waals surface area contributed by atoms with Crippen LogP contribution >= 0.6 is 23.4 Å². The van der Waals surface area contributed by atoms with Crippen molar-refractivity contribution in [3.8, 4) is 5.75 Å². The number of aliphatic imine (C=N–C) groups is 1. The van der Waals surface area contributed by atoms with E-state index in [1.54, 1.807) is 38.4 Å². The van der Waals surface area contributed by atoms with Crippen LogP contribution in [0, 0.1) is 0 Å². The van der Waals surface area contributed by atoms with Gasteiger partial charge in [-0.2, -0.15) is 0 Å². The highest BCUT2D eigenvalue weighted by atomic mass is 35.5. The lowest BCUT2D eigenvalue weighted by Crippen LogP contribution is -2.23. The Kier molecular flexibility index (Phi) is 5.10. The van der Waals surface area contributed by atoms with Crippen molar-refractivity contribution in [1.29, 1.82) is 0 Å². The van der Waals surface area contributed by atoms with Crippen LogP contribution in [0.5, 0.6) is 5.75 Å². The molecule has 1 heterocycles. The van der Waals surface area contributed by atoms with E-state index in [1.165, 1.54) is 16.7 Å². The molecule has 0 aromatic heterocycles. The van der Waals surface area contributed by atoms with Crippen LogP contribution in [0.3, 0.4) is 0 Å². The van der Waals surface area contributed by atoms with Crippen LogP contribution in [0.25, 0.3) is 6.08 Å². The number of amides is 1. The number of nitrogens with zero attached hydrogens (tertiary/aromatic N) is 2. The molecule has 1 aliphatic rings. The predicted molar refractivity (Wildman–Crippen MR) is 86.3 cm³/mol. The first-order valence-electron chi connectivity index (χ1n) is 6.21. The average molecular weight is 341 g/mol. The van der Waals surface area contributed by atoms with E-state index >= 15 is 0 Å². The summed E-state index contributed by atoms with van der Waals surface area (Å²) in [7, 11) is 3.29. The summed E-state index contributed by atoms with van der Waals surface area (Å²) in [5.41, 5.74) is 0.717. The topological polar surface area (TPSA) is 79.2 Å². The largest absolute Gasteiger partial charge is 0.480 e. The van der Waals surface area contributed by atoms with E-state index in [0.29, 0.717) is 15.6 Å². The van der Waals surface area contributed by atoms with Crippen LogP contribution < -0.4 is 4.74 Å². The smallest absolute Gasteiger partial charge is 0.341 e. The lowest BCUT2D eigenvalue weighted by molar-refractivity contribution is -0.139. The maximum atomic E-state index is 12.0. The van der Waals surface area contributed by atoms with Gasteiger partial charge in [0, 0.05) is 14.1 Å². The molecule has 0 radical (unpaired) electrons. The normalized spacial score (nSPS) is 18.3. The van der Waals surface area contributed by atoms with Crippen molar-refractivity contribution in [1.82, 2.24) is 4.90 Å². The quantitative estimate of drug-likeness (QED) is 0.851. The molecule has 1 aromatic rings. The molecule has 22 heavy (non-hydrogen) atoms. The van der Waals surface area contributed by atoms with Gasteiger partial charge in [-0.3, -0.25) is 14.7 Å². The summed E-state index contributed by atoms with van der Waals surface area (Å²) in [5.74, 6) is -0.929. The monoisotopic (exact) mass is 340 g/mol. The Morgan fingerprint density at radius 2 is 2.27 bits per heavy atom. The molecule has 1 aliphatic heterocycles. The van der Waals surface area contributed by atoms with E-state index < -0.39 is 12.6 Å². The Hall–Kier alpha value is -1.99. The van der Waals surface area contributed by atoms with E-state index in [1.807, 2.05) is 0 Å². The zero-order valence-corrected chi connectivity index (χ0v) is 13.4. The number of rotatable bonds is 4. The summed E-state index contributed by atoms with van der Waals surface area (Å²) in [6, 6.07) is 4.88.